The number of rotatable bonds is 2. The first-order valence-electron chi connectivity index (χ1n) is 6.58. The highest BCUT2D eigenvalue weighted by atomic mass is 32.1. The fraction of sp³-hybridized carbons (Fsp3) is 0.615. The van der Waals surface area contributed by atoms with E-state index in [0.29, 0.717) is 32.7 Å². The van der Waals surface area contributed by atoms with Crippen molar-refractivity contribution in [1.82, 2.24) is 10.2 Å². The molecule has 6 heteroatoms. The first kappa shape index (κ1) is 13.1. The molecule has 0 aromatic carbocycles. The Morgan fingerprint density at radius 3 is 3.16 bits per heavy atom. The zero-order valence-corrected chi connectivity index (χ0v) is 11.4. The normalized spacial score (nSPS) is 31.6. The lowest BCUT2D eigenvalue weighted by Gasteiger charge is -2.34. The van der Waals surface area contributed by atoms with Gasteiger partial charge < -0.3 is 20.1 Å². The summed E-state index contributed by atoms with van der Waals surface area (Å²) in [6.07, 6.45) is 0.0946. The molecular formula is C13H18N2O3S. The first-order chi connectivity index (χ1) is 9.24. The van der Waals surface area contributed by atoms with Crippen LogP contribution in [-0.2, 0) is 9.53 Å². The molecule has 19 heavy (non-hydrogen) atoms. The number of aliphatic hydroxyl groups is 1. The number of hydrogen-bond donors (Lipinski definition) is 2. The summed E-state index contributed by atoms with van der Waals surface area (Å²) in [6, 6.07) is 1.80. The molecule has 0 aliphatic carbocycles. The molecule has 0 spiro atoms. The van der Waals surface area contributed by atoms with Gasteiger partial charge in [0.2, 0.25) is 5.91 Å². The van der Waals surface area contributed by atoms with Gasteiger partial charge in [0.15, 0.2) is 0 Å². The second-order valence-electron chi connectivity index (χ2n) is 5.05. The van der Waals surface area contributed by atoms with Gasteiger partial charge in [-0.05, 0) is 28.8 Å². The number of nitrogens with zero attached hydrogens (tertiary/aromatic N) is 1. The Kier molecular flexibility index (Phi) is 3.83. The second kappa shape index (κ2) is 5.58. The van der Waals surface area contributed by atoms with Crippen molar-refractivity contribution in [1.29, 1.82) is 0 Å². The van der Waals surface area contributed by atoms with Crippen LogP contribution >= 0.6 is 11.3 Å². The van der Waals surface area contributed by atoms with Gasteiger partial charge in [-0.15, -0.1) is 0 Å². The van der Waals surface area contributed by atoms with Crippen molar-refractivity contribution in [3.05, 3.63) is 22.4 Å². The lowest BCUT2D eigenvalue weighted by atomic mass is 10.1. The van der Waals surface area contributed by atoms with Crippen LogP contribution in [0.1, 0.15) is 18.1 Å². The minimum absolute atomic E-state index is 0.0183. The van der Waals surface area contributed by atoms with Crippen LogP contribution in [0.2, 0.25) is 0 Å². The zero-order chi connectivity index (χ0) is 13.2. The molecular weight excluding hydrogens is 264 g/mol. The molecule has 2 saturated heterocycles. The summed E-state index contributed by atoms with van der Waals surface area (Å²) < 4.78 is 5.73. The lowest BCUT2D eigenvalue weighted by Crippen LogP contribution is -2.49. The Morgan fingerprint density at radius 1 is 1.58 bits per heavy atom. The average molecular weight is 282 g/mol. The largest absolute Gasteiger partial charge is 0.392 e. The third kappa shape index (κ3) is 2.81. The quantitative estimate of drug-likeness (QED) is 0.823. The van der Waals surface area contributed by atoms with Gasteiger partial charge in [-0.1, -0.05) is 0 Å². The molecule has 2 N–H and O–H groups in total. The van der Waals surface area contributed by atoms with E-state index in [9.17, 15) is 9.90 Å². The van der Waals surface area contributed by atoms with E-state index in [4.69, 9.17) is 4.74 Å². The second-order valence-corrected chi connectivity index (χ2v) is 5.83. The molecule has 1 aromatic heterocycles. The molecule has 2 aliphatic heterocycles. The van der Waals surface area contributed by atoms with Gasteiger partial charge in [0, 0.05) is 13.1 Å². The van der Waals surface area contributed by atoms with E-state index in [1.807, 2.05) is 16.3 Å². The maximum Gasteiger partial charge on any atom is 0.239 e. The van der Waals surface area contributed by atoms with Crippen LogP contribution in [0.4, 0.5) is 0 Å². The Balaban J connectivity index is 1.63. The minimum atomic E-state index is -0.400. The minimum Gasteiger partial charge on any atom is -0.392 e. The molecule has 104 valence electrons. The third-order valence-electron chi connectivity index (χ3n) is 3.70. The third-order valence-corrected chi connectivity index (χ3v) is 4.40. The molecule has 1 aromatic rings. The summed E-state index contributed by atoms with van der Waals surface area (Å²) in [7, 11) is 0. The Labute approximate surface area is 116 Å². The number of morpholine rings is 1. The lowest BCUT2D eigenvalue weighted by molar-refractivity contribution is -0.141. The summed E-state index contributed by atoms with van der Waals surface area (Å²) in [5.74, 6) is 0.0834. The molecule has 2 fully saturated rings. The number of carbonyl (C=O) groups excluding carboxylic acids is 1. The number of ether oxygens (including phenoxy) is 1. The fourth-order valence-corrected chi connectivity index (χ4v) is 3.34. The summed E-state index contributed by atoms with van der Waals surface area (Å²) in [6.45, 7) is 2.31. The molecule has 0 saturated carbocycles. The number of thiophene rings is 1. The average Bonchev–Trinajstić information content (AvgIpc) is 3.09. The number of carbonyl (C=O) groups is 1. The van der Waals surface area contributed by atoms with Crippen molar-refractivity contribution in [3.8, 4) is 0 Å². The van der Waals surface area contributed by atoms with Crippen LogP contribution in [0.5, 0.6) is 0 Å². The molecule has 3 rings (SSSR count). The van der Waals surface area contributed by atoms with E-state index in [1.54, 1.807) is 11.3 Å². The van der Waals surface area contributed by atoms with Crippen LogP contribution in [-0.4, -0.2) is 54.3 Å². The topological polar surface area (TPSA) is 61.8 Å². The Bertz CT molecular complexity index is 437. The SMILES string of the molecule is O=C(C1CC(O)CN1)N1CCOC(c2ccsc2)C1. The van der Waals surface area contributed by atoms with Gasteiger partial charge in [-0.2, -0.15) is 11.3 Å². The number of nitrogens with one attached hydrogen (secondary N) is 1. The highest BCUT2D eigenvalue weighted by Crippen LogP contribution is 2.25. The summed E-state index contributed by atoms with van der Waals surface area (Å²) in [5.41, 5.74) is 1.14. The molecule has 5 nitrogen and oxygen atoms in total. The highest BCUT2D eigenvalue weighted by Gasteiger charge is 2.34. The number of hydrogen-bond acceptors (Lipinski definition) is 5. The van der Waals surface area contributed by atoms with Crippen LogP contribution < -0.4 is 5.32 Å². The van der Waals surface area contributed by atoms with E-state index in [2.05, 4.69) is 10.7 Å². The zero-order valence-electron chi connectivity index (χ0n) is 10.6. The standard InChI is InChI=1S/C13H18N2O3S/c16-10-5-11(14-6-10)13(17)15-2-3-18-12(7-15)9-1-4-19-8-9/h1,4,8,10-12,14,16H,2-3,5-7H2. The van der Waals surface area contributed by atoms with Crippen LogP contribution in [0.15, 0.2) is 16.8 Å². The monoisotopic (exact) mass is 282 g/mol. The van der Waals surface area contributed by atoms with E-state index >= 15 is 0 Å². The fourth-order valence-electron chi connectivity index (χ4n) is 2.63. The smallest absolute Gasteiger partial charge is 0.239 e. The molecule has 0 bridgehead atoms. The molecule has 3 heterocycles. The van der Waals surface area contributed by atoms with Crippen molar-refractivity contribution in [2.75, 3.05) is 26.2 Å². The molecule has 3 atom stereocenters. The van der Waals surface area contributed by atoms with Crippen LogP contribution in [0, 0.1) is 0 Å². The Morgan fingerprint density at radius 2 is 2.47 bits per heavy atom. The summed E-state index contributed by atoms with van der Waals surface area (Å²) in [4.78, 5) is 14.2. The van der Waals surface area contributed by atoms with Crippen molar-refractivity contribution in [2.45, 2.75) is 24.7 Å². The maximum atomic E-state index is 12.4. The number of β-amino-alcohol motifs (C(OH)–C–C–N with tert-alkyl or cyclic N) is 1. The summed E-state index contributed by atoms with van der Waals surface area (Å²) >= 11 is 1.64. The molecule has 2 aliphatic rings. The van der Waals surface area contributed by atoms with Crippen molar-refractivity contribution in [2.24, 2.45) is 0 Å². The van der Waals surface area contributed by atoms with Crippen molar-refractivity contribution in [3.63, 3.8) is 0 Å². The molecule has 0 radical (unpaired) electrons. The van der Waals surface area contributed by atoms with E-state index in [1.165, 1.54) is 0 Å². The van der Waals surface area contributed by atoms with E-state index < -0.39 is 6.10 Å². The van der Waals surface area contributed by atoms with E-state index in [0.717, 1.165) is 5.56 Å². The number of amides is 1. The van der Waals surface area contributed by atoms with Gasteiger partial charge in [0.05, 0.1) is 25.3 Å². The molecule has 1 amide bonds. The molecule has 3 unspecified atom stereocenters. The Hall–Kier alpha value is -0.950. The summed E-state index contributed by atoms with van der Waals surface area (Å²) in [5, 5.41) is 16.7. The maximum absolute atomic E-state index is 12.4. The van der Waals surface area contributed by atoms with Gasteiger partial charge in [0.25, 0.3) is 0 Å². The number of aliphatic hydroxyl groups excluding tert-OH is 1. The van der Waals surface area contributed by atoms with Gasteiger partial charge in [0.1, 0.15) is 6.10 Å². The van der Waals surface area contributed by atoms with Gasteiger partial charge >= 0.3 is 0 Å². The van der Waals surface area contributed by atoms with Crippen LogP contribution in [0.3, 0.4) is 0 Å². The first-order valence-corrected chi connectivity index (χ1v) is 7.52. The predicted octanol–water partition coefficient (Wildman–Crippen LogP) is 0.371. The van der Waals surface area contributed by atoms with Crippen molar-refractivity contribution >= 4 is 17.2 Å². The van der Waals surface area contributed by atoms with Gasteiger partial charge in [-0.25, -0.2) is 0 Å². The van der Waals surface area contributed by atoms with Crippen molar-refractivity contribution < 1.29 is 14.6 Å². The van der Waals surface area contributed by atoms with Gasteiger partial charge in [-0.3, -0.25) is 4.79 Å². The van der Waals surface area contributed by atoms with Crippen LogP contribution in [0.25, 0.3) is 0 Å². The predicted molar refractivity (Wildman–Crippen MR) is 72.0 cm³/mol. The van der Waals surface area contributed by atoms with E-state index in [-0.39, 0.29) is 18.1 Å². The highest BCUT2D eigenvalue weighted by molar-refractivity contribution is 7.07.